The predicted molar refractivity (Wildman–Crippen MR) is 131 cm³/mol. The van der Waals surface area contributed by atoms with Crippen LogP contribution < -0.4 is 9.47 Å². The van der Waals surface area contributed by atoms with Crippen LogP contribution >= 0.6 is 23.2 Å². The molecule has 0 atom stereocenters. The van der Waals surface area contributed by atoms with Gasteiger partial charge in [-0.25, -0.2) is 4.98 Å². The van der Waals surface area contributed by atoms with Crippen LogP contribution in [0.3, 0.4) is 0 Å². The number of rotatable bonds is 6. The van der Waals surface area contributed by atoms with E-state index in [1.54, 1.807) is 18.2 Å². The van der Waals surface area contributed by atoms with Crippen molar-refractivity contribution in [2.45, 2.75) is 6.61 Å². The van der Waals surface area contributed by atoms with E-state index in [1.165, 1.54) is 4.57 Å². The average molecular weight is 477 g/mol. The van der Waals surface area contributed by atoms with Crippen molar-refractivity contribution in [3.63, 3.8) is 0 Å². The molecule has 164 valence electrons. The van der Waals surface area contributed by atoms with Crippen LogP contribution in [0.1, 0.15) is 10.6 Å². The van der Waals surface area contributed by atoms with E-state index in [9.17, 15) is 4.79 Å². The van der Waals surface area contributed by atoms with Crippen molar-refractivity contribution in [3.05, 3.63) is 101 Å². The van der Waals surface area contributed by atoms with E-state index in [1.807, 2.05) is 66.7 Å². The minimum Gasteiger partial charge on any atom is -0.484 e. The summed E-state index contributed by atoms with van der Waals surface area (Å²) in [6, 6.07) is 26.1. The Morgan fingerprint density at radius 3 is 2.52 bits per heavy atom. The Kier molecular flexibility index (Phi) is 5.90. The zero-order valence-corrected chi connectivity index (χ0v) is 18.9. The first kappa shape index (κ1) is 21.3. The molecule has 5 rings (SSSR count). The molecule has 0 fully saturated rings. The molecule has 0 aliphatic heterocycles. The van der Waals surface area contributed by atoms with Gasteiger partial charge >= 0.3 is 0 Å². The van der Waals surface area contributed by atoms with Crippen LogP contribution in [-0.4, -0.2) is 22.1 Å². The lowest BCUT2D eigenvalue weighted by molar-refractivity contribution is 0.0835. The number of nitrogens with zero attached hydrogens (tertiary/aromatic N) is 2. The van der Waals surface area contributed by atoms with Gasteiger partial charge in [-0.1, -0.05) is 71.7 Å². The fraction of sp³-hybridized carbons (Fsp3) is 0.0769. The van der Waals surface area contributed by atoms with E-state index < -0.39 is 0 Å². The average Bonchev–Trinajstić information content (AvgIpc) is 3.20. The Hall–Kier alpha value is -3.54. The number of hydrogen-bond donors (Lipinski definition) is 0. The van der Waals surface area contributed by atoms with Crippen LogP contribution in [0.5, 0.6) is 11.5 Å². The molecule has 0 saturated carbocycles. The van der Waals surface area contributed by atoms with E-state index in [2.05, 4.69) is 4.98 Å². The third-order valence-electron chi connectivity index (χ3n) is 5.23. The minimum atomic E-state index is -0.252. The SMILES string of the molecule is O=C(COc1cccc2ccccc12)n1c(COc2ccc(Cl)cc2Cl)nc2ccccc21. The van der Waals surface area contributed by atoms with Crippen molar-refractivity contribution in [2.24, 2.45) is 0 Å². The fourth-order valence-electron chi connectivity index (χ4n) is 3.71. The van der Waals surface area contributed by atoms with Gasteiger partial charge in [-0.2, -0.15) is 0 Å². The predicted octanol–water partition coefficient (Wildman–Crippen LogP) is 6.79. The zero-order valence-electron chi connectivity index (χ0n) is 17.4. The molecular weight excluding hydrogens is 459 g/mol. The van der Waals surface area contributed by atoms with E-state index >= 15 is 0 Å². The summed E-state index contributed by atoms with van der Waals surface area (Å²) in [4.78, 5) is 17.9. The first-order valence-corrected chi connectivity index (χ1v) is 11.0. The summed E-state index contributed by atoms with van der Waals surface area (Å²) in [5.41, 5.74) is 1.38. The number of ether oxygens (including phenoxy) is 2. The minimum absolute atomic E-state index is 0.0516. The maximum absolute atomic E-state index is 13.3. The summed E-state index contributed by atoms with van der Waals surface area (Å²) >= 11 is 12.2. The molecule has 0 bridgehead atoms. The molecule has 1 aromatic heterocycles. The van der Waals surface area contributed by atoms with E-state index in [0.29, 0.717) is 38.4 Å². The topological polar surface area (TPSA) is 53.4 Å². The number of para-hydroxylation sites is 2. The van der Waals surface area contributed by atoms with Gasteiger partial charge in [0.25, 0.3) is 5.91 Å². The molecule has 33 heavy (non-hydrogen) atoms. The second kappa shape index (κ2) is 9.14. The van der Waals surface area contributed by atoms with Gasteiger partial charge in [0.2, 0.25) is 0 Å². The molecule has 0 N–H and O–H groups in total. The lowest BCUT2D eigenvalue weighted by atomic mass is 10.1. The quantitative estimate of drug-likeness (QED) is 0.270. The van der Waals surface area contributed by atoms with E-state index in [-0.39, 0.29) is 19.1 Å². The molecule has 0 aliphatic carbocycles. The van der Waals surface area contributed by atoms with Crippen molar-refractivity contribution < 1.29 is 14.3 Å². The van der Waals surface area contributed by atoms with Crippen LogP contribution in [-0.2, 0) is 6.61 Å². The maximum Gasteiger partial charge on any atom is 0.270 e. The van der Waals surface area contributed by atoms with Crippen molar-refractivity contribution in [1.29, 1.82) is 0 Å². The molecule has 5 nitrogen and oxygen atoms in total. The second-order valence-corrected chi connectivity index (χ2v) is 8.22. The lowest BCUT2D eigenvalue weighted by Gasteiger charge is -2.12. The Bertz CT molecular complexity index is 1470. The summed E-state index contributed by atoms with van der Waals surface area (Å²) in [6.07, 6.45) is 0. The summed E-state index contributed by atoms with van der Waals surface area (Å²) < 4.78 is 13.3. The molecule has 0 saturated heterocycles. The molecule has 1 heterocycles. The highest BCUT2D eigenvalue weighted by Crippen LogP contribution is 2.29. The molecular formula is C26H18Cl2N2O3. The standard InChI is InChI=1S/C26H18Cl2N2O3/c27-18-12-13-24(20(28)14-18)32-15-25-29-21-9-3-4-10-22(21)30(25)26(31)16-33-23-11-5-7-17-6-1-2-8-19(17)23/h1-14H,15-16H2. The van der Waals surface area contributed by atoms with Crippen LogP contribution in [0.25, 0.3) is 21.8 Å². The highest BCUT2D eigenvalue weighted by Gasteiger charge is 2.18. The summed E-state index contributed by atoms with van der Waals surface area (Å²) in [5.74, 6) is 1.31. The van der Waals surface area contributed by atoms with Gasteiger partial charge < -0.3 is 9.47 Å². The fourth-order valence-corrected chi connectivity index (χ4v) is 4.17. The largest absolute Gasteiger partial charge is 0.484 e. The van der Waals surface area contributed by atoms with Crippen LogP contribution in [0.15, 0.2) is 84.9 Å². The smallest absolute Gasteiger partial charge is 0.270 e. The normalized spacial score (nSPS) is 11.1. The Balaban J connectivity index is 1.42. The molecule has 0 spiro atoms. The van der Waals surface area contributed by atoms with Crippen molar-refractivity contribution in [1.82, 2.24) is 9.55 Å². The molecule has 4 aromatic carbocycles. The summed E-state index contributed by atoms with van der Waals surface area (Å²) in [6.45, 7) is -0.0981. The highest BCUT2D eigenvalue weighted by molar-refractivity contribution is 6.35. The number of carbonyl (C=O) groups is 1. The van der Waals surface area contributed by atoms with Crippen LogP contribution in [0, 0.1) is 0 Å². The zero-order chi connectivity index (χ0) is 22.8. The summed E-state index contributed by atoms with van der Waals surface area (Å²) in [5, 5.41) is 2.89. The number of hydrogen-bond acceptors (Lipinski definition) is 4. The maximum atomic E-state index is 13.3. The molecule has 5 aromatic rings. The van der Waals surface area contributed by atoms with E-state index in [0.717, 1.165) is 10.8 Å². The highest BCUT2D eigenvalue weighted by atomic mass is 35.5. The Morgan fingerprint density at radius 1 is 0.848 bits per heavy atom. The number of halogens is 2. The van der Waals surface area contributed by atoms with Gasteiger partial charge in [0.1, 0.15) is 18.1 Å². The monoisotopic (exact) mass is 476 g/mol. The van der Waals surface area contributed by atoms with Gasteiger partial charge in [-0.15, -0.1) is 0 Å². The molecule has 7 heteroatoms. The van der Waals surface area contributed by atoms with Crippen LogP contribution in [0.2, 0.25) is 10.0 Å². The molecule has 0 unspecified atom stereocenters. The molecule has 0 amide bonds. The van der Waals surface area contributed by atoms with Gasteiger partial charge in [-0.05, 0) is 41.8 Å². The van der Waals surface area contributed by atoms with E-state index in [4.69, 9.17) is 32.7 Å². The number of fused-ring (bicyclic) bond motifs is 2. The van der Waals surface area contributed by atoms with Crippen molar-refractivity contribution in [2.75, 3.05) is 6.61 Å². The number of carbonyl (C=O) groups excluding carboxylic acids is 1. The Labute approximate surface area is 200 Å². The first-order chi connectivity index (χ1) is 16.1. The molecule has 0 radical (unpaired) electrons. The first-order valence-electron chi connectivity index (χ1n) is 10.3. The summed E-state index contributed by atoms with van der Waals surface area (Å²) in [7, 11) is 0. The number of benzene rings is 4. The van der Waals surface area contributed by atoms with Crippen molar-refractivity contribution >= 4 is 50.9 Å². The van der Waals surface area contributed by atoms with Crippen molar-refractivity contribution in [3.8, 4) is 11.5 Å². The van der Waals surface area contributed by atoms with Gasteiger partial charge in [0.15, 0.2) is 12.4 Å². The molecule has 0 aliphatic rings. The third kappa shape index (κ3) is 4.38. The number of imidazole rings is 1. The van der Waals surface area contributed by atoms with Crippen LogP contribution in [0.4, 0.5) is 0 Å². The lowest BCUT2D eigenvalue weighted by Crippen LogP contribution is -2.22. The van der Waals surface area contributed by atoms with Gasteiger partial charge in [0.05, 0.1) is 16.1 Å². The number of aromatic nitrogens is 2. The Morgan fingerprint density at radius 2 is 1.64 bits per heavy atom. The second-order valence-electron chi connectivity index (χ2n) is 7.38. The van der Waals surface area contributed by atoms with Gasteiger partial charge in [0, 0.05) is 10.4 Å². The van der Waals surface area contributed by atoms with Gasteiger partial charge in [-0.3, -0.25) is 9.36 Å². The third-order valence-corrected chi connectivity index (χ3v) is 5.76.